The van der Waals surface area contributed by atoms with Gasteiger partial charge in [0, 0.05) is 0 Å². The number of nitrogens with zero attached hydrogens (tertiary/aromatic N) is 2. The summed E-state index contributed by atoms with van der Waals surface area (Å²) < 4.78 is 0. The molecule has 0 saturated carbocycles. The molecule has 124 valence electrons. The molecule has 0 amide bonds. The second-order valence-corrected chi connectivity index (χ2v) is 5.75. The fourth-order valence-corrected chi connectivity index (χ4v) is 2.76. The van der Waals surface area contributed by atoms with Crippen molar-refractivity contribution in [2.24, 2.45) is 9.98 Å². The average Bonchev–Trinajstić information content (AvgIpc) is 2.57. The summed E-state index contributed by atoms with van der Waals surface area (Å²) in [4.78, 5) is 28.3. The fraction of sp³-hybridized carbons (Fsp3) is 0.579. The van der Waals surface area contributed by atoms with E-state index in [-0.39, 0.29) is 6.54 Å². The lowest BCUT2D eigenvalue weighted by Crippen LogP contribution is -1.95. The summed E-state index contributed by atoms with van der Waals surface area (Å²) in [6.45, 7) is 2.52. The number of unbranched alkanes of at least 4 members (excludes halogenated alkanes) is 7. The molecule has 0 aliphatic carbocycles. The Bertz CT molecular complexity index is 556. The molecule has 0 heterocycles. The highest BCUT2D eigenvalue weighted by molar-refractivity contribution is 5.56. The minimum Gasteiger partial charge on any atom is -0.211 e. The third-order valence-electron chi connectivity index (χ3n) is 4.01. The number of carbonyl (C=O) groups excluding carboxylic acids is 2. The van der Waals surface area contributed by atoms with Crippen LogP contribution in [0.1, 0.15) is 69.4 Å². The zero-order valence-electron chi connectivity index (χ0n) is 14.0. The van der Waals surface area contributed by atoms with Crippen LogP contribution in [0, 0.1) is 0 Å². The molecule has 1 aromatic carbocycles. The predicted molar refractivity (Wildman–Crippen MR) is 92.4 cm³/mol. The third kappa shape index (κ3) is 7.69. The molecule has 0 atom stereocenters. The Hall–Kier alpha value is -2.02. The molecule has 23 heavy (non-hydrogen) atoms. The Kier molecular flexibility index (Phi) is 10.4. The molecule has 0 aliphatic heterocycles. The van der Waals surface area contributed by atoms with E-state index in [1.807, 2.05) is 12.1 Å². The summed E-state index contributed by atoms with van der Waals surface area (Å²) >= 11 is 0. The highest BCUT2D eigenvalue weighted by Gasteiger charge is 2.07. The first-order valence-corrected chi connectivity index (χ1v) is 8.55. The Morgan fingerprint density at radius 3 is 2.26 bits per heavy atom. The Balaban J connectivity index is 2.52. The molecule has 1 aromatic rings. The summed E-state index contributed by atoms with van der Waals surface area (Å²) in [5, 5.41) is 0. The van der Waals surface area contributed by atoms with E-state index >= 15 is 0 Å². The number of hydrogen-bond donors (Lipinski definition) is 0. The normalized spacial score (nSPS) is 9.96. The van der Waals surface area contributed by atoms with Gasteiger partial charge >= 0.3 is 0 Å². The van der Waals surface area contributed by atoms with Gasteiger partial charge in [-0.3, -0.25) is 0 Å². The minimum atomic E-state index is 0.290. The maximum Gasteiger partial charge on any atom is 0.240 e. The van der Waals surface area contributed by atoms with Gasteiger partial charge in [-0.2, -0.15) is 4.99 Å². The van der Waals surface area contributed by atoms with Crippen molar-refractivity contribution < 1.29 is 9.59 Å². The van der Waals surface area contributed by atoms with Gasteiger partial charge < -0.3 is 0 Å². The largest absolute Gasteiger partial charge is 0.240 e. The number of isocyanates is 2. The van der Waals surface area contributed by atoms with Gasteiger partial charge in [0.05, 0.1) is 12.2 Å². The molecule has 0 unspecified atom stereocenters. The van der Waals surface area contributed by atoms with Crippen molar-refractivity contribution in [2.75, 3.05) is 0 Å². The van der Waals surface area contributed by atoms with Crippen LogP contribution in [0.25, 0.3) is 0 Å². The van der Waals surface area contributed by atoms with Crippen molar-refractivity contribution >= 4 is 17.8 Å². The van der Waals surface area contributed by atoms with Crippen molar-refractivity contribution in [1.29, 1.82) is 0 Å². The summed E-state index contributed by atoms with van der Waals surface area (Å²) in [5.41, 5.74) is 2.58. The van der Waals surface area contributed by atoms with Gasteiger partial charge in [-0.25, -0.2) is 14.6 Å². The van der Waals surface area contributed by atoms with Crippen molar-refractivity contribution in [3.63, 3.8) is 0 Å². The van der Waals surface area contributed by atoms with Crippen LogP contribution >= 0.6 is 0 Å². The van der Waals surface area contributed by atoms with E-state index < -0.39 is 0 Å². The highest BCUT2D eigenvalue weighted by atomic mass is 16.1. The molecule has 0 N–H and O–H groups in total. The first-order chi connectivity index (χ1) is 11.3. The summed E-state index contributed by atoms with van der Waals surface area (Å²) in [6, 6.07) is 5.55. The topological polar surface area (TPSA) is 58.9 Å². The number of benzene rings is 1. The predicted octanol–water partition coefficient (Wildman–Crippen LogP) is 5.17. The fourth-order valence-electron chi connectivity index (χ4n) is 2.76. The average molecular weight is 314 g/mol. The Labute approximate surface area is 138 Å². The Morgan fingerprint density at radius 2 is 1.61 bits per heavy atom. The van der Waals surface area contributed by atoms with Crippen LogP contribution in [0.4, 0.5) is 5.69 Å². The molecule has 0 bridgehead atoms. The lowest BCUT2D eigenvalue weighted by atomic mass is 9.98. The monoisotopic (exact) mass is 314 g/mol. The van der Waals surface area contributed by atoms with Crippen LogP contribution in [0.3, 0.4) is 0 Å². The highest BCUT2D eigenvalue weighted by Crippen LogP contribution is 2.25. The smallest absolute Gasteiger partial charge is 0.211 e. The van der Waals surface area contributed by atoms with Crippen molar-refractivity contribution in [3.05, 3.63) is 29.3 Å². The van der Waals surface area contributed by atoms with Gasteiger partial charge in [-0.05, 0) is 30.0 Å². The maximum atomic E-state index is 10.6. The van der Waals surface area contributed by atoms with Gasteiger partial charge in [0.25, 0.3) is 0 Å². The number of aliphatic imine (C=N–C) groups is 2. The Morgan fingerprint density at radius 1 is 0.913 bits per heavy atom. The molecule has 0 radical (unpaired) electrons. The summed E-state index contributed by atoms with van der Waals surface area (Å²) in [5.74, 6) is 0. The van der Waals surface area contributed by atoms with Crippen LogP contribution in [0.2, 0.25) is 0 Å². The molecule has 0 saturated heterocycles. The van der Waals surface area contributed by atoms with Crippen LogP contribution in [-0.4, -0.2) is 12.2 Å². The summed E-state index contributed by atoms with van der Waals surface area (Å²) in [6.07, 6.45) is 14.0. The van der Waals surface area contributed by atoms with E-state index in [9.17, 15) is 9.59 Å². The van der Waals surface area contributed by atoms with Crippen LogP contribution in [-0.2, 0) is 22.6 Å². The second kappa shape index (κ2) is 12.5. The van der Waals surface area contributed by atoms with E-state index in [2.05, 4.69) is 16.9 Å². The van der Waals surface area contributed by atoms with Crippen molar-refractivity contribution in [2.45, 2.75) is 71.3 Å². The van der Waals surface area contributed by atoms with E-state index in [0.29, 0.717) is 5.69 Å². The standard InChI is InChI=1S/C19H26N2O2/c1-2-3-4-5-6-7-8-9-12-18-17(14-20-15-22)11-10-13-19(18)21-16-23/h10-11,13H,2-9,12,14H2,1H3. The quantitative estimate of drug-likeness (QED) is 0.303. The molecule has 0 fully saturated rings. The summed E-state index contributed by atoms with van der Waals surface area (Å²) in [7, 11) is 0. The molecule has 4 heteroatoms. The lowest BCUT2D eigenvalue weighted by Gasteiger charge is -2.10. The number of hydrogen-bond acceptors (Lipinski definition) is 4. The van der Waals surface area contributed by atoms with Gasteiger partial charge in [-0.15, -0.1) is 0 Å². The van der Waals surface area contributed by atoms with Crippen molar-refractivity contribution in [1.82, 2.24) is 0 Å². The van der Waals surface area contributed by atoms with Crippen LogP contribution < -0.4 is 0 Å². The SMILES string of the molecule is CCCCCCCCCCc1c(CN=C=O)cccc1N=C=O. The van der Waals surface area contributed by atoms with Crippen LogP contribution in [0.15, 0.2) is 28.2 Å². The van der Waals surface area contributed by atoms with Gasteiger partial charge in [-0.1, -0.05) is 64.0 Å². The minimum absolute atomic E-state index is 0.290. The van der Waals surface area contributed by atoms with Gasteiger partial charge in [0.15, 0.2) is 0 Å². The molecule has 0 aliphatic rings. The van der Waals surface area contributed by atoms with Crippen LogP contribution in [0.5, 0.6) is 0 Å². The van der Waals surface area contributed by atoms with E-state index in [1.165, 1.54) is 44.9 Å². The van der Waals surface area contributed by atoms with Crippen molar-refractivity contribution in [3.8, 4) is 0 Å². The maximum absolute atomic E-state index is 10.6. The second-order valence-electron chi connectivity index (χ2n) is 5.75. The molecule has 1 rings (SSSR count). The zero-order chi connectivity index (χ0) is 16.8. The molecule has 0 spiro atoms. The molecule has 4 nitrogen and oxygen atoms in total. The van der Waals surface area contributed by atoms with Gasteiger partial charge in [0.1, 0.15) is 0 Å². The molecular weight excluding hydrogens is 288 g/mol. The molecule has 0 aromatic heterocycles. The van der Waals surface area contributed by atoms with Gasteiger partial charge in [0.2, 0.25) is 12.2 Å². The number of rotatable bonds is 12. The first kappa shape index (κ1) is 19.0. The zero-order valence-corrected chi connectivity index (χ0v) is 14.0. The lowest BCUT2D eigenvalue weighted by molar-refractivity contribution is 0.562. The van der Waals surface area contributed by atoms with E-state index in [1.54, 1.807) is 18.2 Å². The third-order valence-corrected chi connectivity index (χ3v) is 4.01. The molecular formula is C19H26N2O2. The van der Waals surface area contributed by atoms with E-state index in [0.717, 1.165) is 24.0 Å². The van der Waals surface area contributed by atoms with E-state index in [4.69, 9.17) is 0 Å². The first-order valence-electron chi connectivity index (χ1n) is 8.55.